The molecule has 0 spiro atoms. The molecule has 0 bridgehead atoms. The van der Waals surface area contributed by atoms with Gasteiger partial charge in [-0.25, -0.2) is 0 Å². The van der Waals surface area contributed by atoms with Crippen molar-refractivity contribution in [3.8, 4) is 0 Å². The molecule has 1 saturated heterocycles. The highest BCUT2D eigenvalue weighted by molar-refractivity contribution is 6.05. The minimum Gasteiger partial charge on any atom is -0.452 e. The summed E-state index contributed by atoms with van der Waals surface area (Å²) in [5, 5.41) is 2.79. The molecule has 2 aliphatic carbocycles. The minimum absolute atomic E-state index is 0.0165. The van der Waals surface area contributed by atoms with Gasteiger partial charge < -0.3 is 10.1 Å². The van der Waals surface area contributed by atoms with E-state index in [1.165, 1.54) is 23.0 Å². The Balaban J connectivity index is 1.26. The molecule has 3 aliphatic rings. The molecule has 0 radical (unpaired) electrons. The van der Waals surface area contributed by atoms with Gasteiger partial charge in [0.1, 0.15) is 0 Å². The molecule has 1 aromatic rings. The first-order valence-electron chi connectivity index (χ1n) is 10.9. The Morgan fingerprint density at radius 3 is 2.43 bits per heavy atom. The number of imide groups is 1. The number of hydrogen-bond donors (Lipinski definition) is 1. The molecule has 3 amide bonds. The Kier molecular flexibility index (Phi) is 5.88. The minimum atomic E-state index is -0.960. The van der Waals surface area contributed by atoms with E-state index in [0.29, 0.717) is 5.69 Å². The maximum Gasteiger partial charge on any atom is 0.308 e. The van der Waals surface area contributed by atoms with Crippen molar-refractivity contribution < 1.29 is 23.9 Å². The van der Waals surface area contributed by atoms with Gasteiger partial charge in [-0.3, -0.25) is 24.1 Å². The number of carbonyl (C=O) groups excluding carboxylic acids is 4. The summed E-state index contributed by atoms with van der Waals surface area (Å²) in [4.78, 5) is 50.7. The van der Waals surface area contributed by atoms with E-state index in [1.54, 1.807) is 0 Å². The molecule has 1 saturated carbocycles. The molecule has 0 unspecified atom stereocenters. The van der Waals surface area contributed by atoms with Crippen molar-refractivity contribution in [2.45, 2.75) is 64.4 Å². The molecule has 2 fully saturated rings. The number of nitrogens with zero attached hydrogens (tertiary/aromatic N) is 1. The van der Waals surface area contributed by atoms with Crippen LogP contribution in [0.2, 0.25) is 0 Å². The lowest BCUT2D eigenvalue weighted by atomic mass is 9.81. The molecule has 1 aliphatic heterocycles. The second-order valence-electron chi connectivity index (χ2n) is 8.53. The lowest BCUT2D eigenvalue weighted by Gasteiger charge is -2.19. The molecular weight excluding hydrogens is 384 g/mol. The monoisotopic (exact) mass is 412 g/mol. The SMILES string of the molecule is C[C@H](OC(=O)CCN1C(=O)[C@H]2CCCC[C@@H]2C1=O)C(=O)Nc1ccc2c(c1)CCC2. The number of esters is 1. The molecule has 160 valence electrons. The van der Waals surface area contributed by atoms with Gasteiger partial charge in [-0.1, -0.05) is 18.9 Å². The van der Waals surface area contributed by atoms with Crippen LogP contribution in [0.15, 0.2) is 18.2 Å². The fourth-order valence-corrected chi connectivity index (χ4v) is 4.86. The molecule has 0 aromatic heterocycles. The largest absolute Gasteiger partial charge is 0.452 e. The summed E-state index contributed by atoms with van der Waals surface area (Å²) in [6.07, 6.45) is 5.57. The first kappa shape index (κ1) is 20.6. The number of anilines is 1. The van der Waals surface area contributed by atoms with Gasteiger partial charge in [0.2, 0.25) is 11.8 Å². The topological polar surface area (TPSA) is 92.8 Å². The number of aryl methyl sites for hydroxylation is 2. The van der Waals surface area contributed by atoms with Crippen LogP contribution in [0.1, 0.15) is 56.6 Å². The van der Waals surface area contributed by atoms with Crippen LogP contribution in [-0.4, -0.2) is 41.2 Å². The van der Waals surface area contributed by atoms with Crippen molar-refractivity contribution in [2.75, 3.05) is 11.9 Å². The number of fused-ring (bicyclic) bond motifs is 2. The van der Waals surface area contributed by atoms with Crippen molar-refractivity contribution in [2.24, 2.45) is 11.8 Å². The first-order chi connectivity index (χ1) is 14.4. The van der Waals surface area contributed by atoms with Gasteiger partial charge in [-0.15, -0.1) is 0 Å². The molecule has 1 heterocycles. The van der Waals surface area contributed by atoms with Crippen molar-refractivity contribution in [1.29, 1.82) is 0 Å². The van der Waals surface area contributed by atoms with E-state index < -0.39 is 18.0 Å². The van der Waals surface area contributed by atoms with Crippen LogP contribution >= 0.6 is 0 Å². The number of hydrogen-bond acceptors (Lipinski definition) is 5. The van der Waals surface area contributed by atoms with E-state index in [4.69, 9.17) is 4.74 Å². The van der Waals surface area contributed by atoms with Crippen molar-refractivity contribution >= 4 is 29.4 Å². The number of rotatable bonds is 6. The lowest BCUT2D eigenvalue weighted by Crippen LogP contribution is -2.35. The molecule has 3 atom stereocenters. The molecule has 1 aromatic carbocycles. The third kappa shape index (κ3) is 4.11. The third-order valence-corrected chi connectivity index (χ3v) is 6.52. The smallest absolute Gasteiger partial charge is 0.308 e. The number of amides is 3. The average molecular weight is 412 g/mol. The van der Waals surface area contributed by atoms with E-state index in [-0.39, 0.29) is 36.6 Å². The Morgan fingerprint density at radius 1 is 1.07 bits per heavy atom. The number of likely N-dealkylation sites (tertiary alicyclic amines) is 1. The summed E-state index contributed by atoms with van der Waals surface area (Å²) in [7, 11) is 0. The highest BCUT2D eigenvalue weighted by Crippen LogP contribution is 2.38. The van der Waals surface area contributed by atoms with Crippen LogP contribution in [-0.2, 0) is 36.8 Å². The van der Waals surface area contributed by atoms with Gasteiger partial charge in [-0.05, 0) is 62.3 Å². The van der Waals surface area contributed by atoms with Crippen molar-refractivity contribution in [3.05, 3.63) is 29.3 Å². The molecule has 4 rings (SSSR count). The molecule has 30 heavy (non-hydrogen) atoms. The summed E-state index contributed by atoms with van der Waals surface area (Å²) in [5.41, 5.74) is 3.26. The fraction of sp³-hybridized carbons (Fsp3) is 0.565. The highest BCUT2D eigenvalue weighted by Gasteiger charge is 2.47. The second kappa shape index (κ2) is 8.58. The third-order valence-electron chi connectivity index (χ3n) is 6.52. The lowest BCUT2D eigenvalue weighted by molar-refractivity contribution is -0.154. The van der Waals surface area contributed by atoms with Crippen molar-refractivity contribution in [1.82, 2.24) is 4.90 Å². The zero-order chi connectivity index (χ0) is 21.3. The molecular formula is C23H28N2O5. The number of ether oxygens (including phenoxy) is 1. The van der Waals surface area contributed by atoms with Gasteiger partial charge in [0.25, 0.3) is 5.91 Å². The molecule has 1 N–H and O–H groups in total. The van der Waals surface area contributed by atoms with E-state index >= 15 is 0 Å². The summed E-state index contributed by atoms with van der Waals surface area (Å²) >= 11 is 0. The van der Waals surface area contributed by atoms with E-state index in [1.807, 2.05) is 18.2 Å². The van der Waals surface area contributed by atoms with Crippen LogP contribution in [0.4, 0.5) is 5.69 Å². The van der Waals surface area contributed by atoms with E-state index in [2.05, 4.69) is 5.32 Å². The first-order valence-corrected chi connectivity index (χ1v) is 10.9. The second-order valence-corrected chi connectivity index (χ2v) is 8.53. The normalized spacial score (nSPS) is 23.7. The summed E-state index contributed by atoms with van der Waals surface area (Å²) in [6.45, 7) is 1.53. The van der Waals surface area contributed by atoms with Crippen LogP contribution in [0, 0.1) is 11.8 Å². The summed E-state index contributed by atoms with van der Waals surface area (Å²) < 4.78 is 5.23. The summed E-state index contributed by atoms with van der Waals surface area (Å²) in [5.74, 6) is -1.78. The quantitative estimate of drug-likeness (QED) is 0.573. The zero-order valence-corrected chi connectivity index (χ0v) is 17.3. The average Bonchev–Trinajstić information content (AvgIpc) is 3.29. The zero-order valence-electron chi connectivity index (χ0n) is 17.3. The van der Waals surface area contributed by atoms with Gasteiger partial charge in [0, 0.05) is 12.2 Å². The van der Waals surface area contributed by atoms with E-state index in [0.717, 1.165) is 44.9 Å². The van der Waals surface area contributed by atoms with Gasteiger partial charge in [-0.2, -0.15) is 0 Å². The summed E-state index contributed by atoms with van der Waals surface area (Å²) in [6, 6.07) is 5.86. The van der Waals surface area contributed by atoms with Crippen LogP contribution in [0.3, 0.4) is 0 Å². The Morgan fingerprint density at radius 2 is 1.73 bits per heavy atom. The Hall–Kier alpha value is -2.70. The highest BCUT2D eigenvalue weighted by atomic mass is 16.5. The van der Waals surface area contributed by atoms with Gasteiger partial charge in [0.05, 0.1) is 18.3 Å². The maximum absolute atomic E-state index is 12.5. The molecule has 7 heteroatoms. The standard InChI is InChI=1S/C23H28N2O5/c1-14(21(27)24-17-10-9-15-5-4-6-16(15)13-17)30-20(26)11-12-25-22(28)18-7-2-3-8-19(18)23(25)29/h9-10,13-14,18-19H,2-8,11-12H2,1H3,(H,24,27)/t14-,18-,19-/m0/s1. The Labute approximate surface area is 176 Å². The number of nitrogens with one attached hydrogen (secondary N) is 1. The van der Waals surface area contributed by atoms with Crippen LogP contribution in [0.5, 0.6) is 0 Å². The predicted octanol–water partition coefficient (Wildman–Crippen LogP) is 2.61. The van der Waals surface area contributed by atoms with Crippen molar-refractivity contribution in [3.63, 3.8) is 0 Å². The predicted molar refractivity (Wildman–Crippen MR) is 109 cm³/mol. The van der Waals surface area contributed by atoms with Gasteiger partial charge in [0.15, 0.2) is 6.10 Å². The molecule has 7 nitrogen and oxygen atoms in total. The van der Waals surface area contributed by atoms with E-state index in [9.17, 15) is 19.2 Å². The number of carbonyl (C=O) groups is 4. The van der Waals surface area contributed by atoms with Crippen LogP contribution in [0.25, 0.3) is 0 Å². The number of benzene rings is 1. The maximum atomic E-state index is 12.5. The Bertz CT molecular complexity index is 856. The van der Waals surface area contributed by atoms with Crippen LogP contribution < -0.4 is 5.32 Å². The van der Waals surface area contributed by atoms with Gasteiger partial charge >= 0.3 is 5.97 Å². The fourth-order valence-electron chi connectivity index (χ4n) is 4.86.